The molecule has 1 N–H and O–H groups in total. The first-order chi connectivity index (χ1) is 9.56. The van der Waals surface area contributed by atoms with Crippen LogP contribution in [0.2, 0.25) is 0 Å². The molecule has 106 valence electrons. The van der Waals surface area contributed by atoms with E-state index in [0.29, 0.717) is 11.5 Å². The fraction of sp³-hybridized carbons (Fsp3) is 0.385. The van der Waals surface area contributed by atoms with Crippen molar-refractivity contribution in [2.24, 2.45) is 5.92 Å². The summed E-state index contributed by atoms with van der Waals surface area (Å²) in [6, 6.07) is 2.37. The van der Waals surface area contributed by atoms with Crippen molar-refractivity contribution >= 4 is 15.9 Å². The highest BCUT2D eigenvalue weighted by Crippen LogP contribution is 2.34. The second kappa shape index (κ2) is 5.21. The van der Waals surface area contributed by atoms with Crippen molar-refractivity contribution in [1.29, 1.82) is 0 Å². The molecular formula is C13H11BrF2N2O2. The van der Waals surface area contributed by atoms with Gasteiger partial charge in [-0.2, -0.15) is 4.98 Å². The summed E-state index contributed by atoms with van der Waals surface area (Å²) < 4.78 is 31.5. The topological polar surface area (TPSA) is 59.2 Å². The van der Waals surface area contributed by atoms with E-state index in [1.165, 1.54) is 6.07 Å². The van der Waals surface area contributed by atoms with Gasteiger partial charge in [0.1, 0.15) is 0 Å². The van der Waals surface area contributed by atoms with E-state index in [1.807, 2.05) is 0 Å². The predicted octanol–water partition coefficient (Wildman–Crippen LogP) is 3.09. The summed E-state index contributed by atoms with van der Waals surface area (Å²) in [5.74, 6) is -1.19. The number of hydrogen-bond donors (Lipinski definition) is 1. The molecule has 1 aliphatic rings. The molecule has 0 radical (unpaired) electrons. The number of halogens is 3. The van der Waals surface area contributed by atoms with Gasteiger partial charge in [-0.15, -0.1) is 0 Å². The number of hydrogen-bond acceptors (Lipinski definition) is 4. The van der Waals surface area contributed by atoms with E-state index in [1.54, 1.807) is 0 Å². The molecule has 1 fully saturated rings. The van der Waals surface area contributed by atoms with Crippen molar-refractivity contribution in [2.75, 3.05) is 0 Å². The molecule has 20 heavy (non-hydrogen) atoms. The fourth-order valence-electron chi connectivity index (χ4n) is 1.97. The van der Waals surface area contributed by atoms with E-state index in [4.69, 9.17) is 4.52 Å². The lowest BCUT2D eigenvalue weighted by molar-refractivity contribution is 0.140. The molecule has 1 saturated carbocycles. The van der Waals surface area contributed by atoms with Crippen LogP contribution in [0.3, 0.4) is 0 Å². The normalized spacial score (nSPS) is 16.4. The van der Waals surface area contributed by atoms with Gasteiger partial charge in [-0.05, 0) is 46.8 Å². The van der Waals surface area contributed by atoms with Gasteiger partial charge in [0, 0.05) is 5.56 Å². The van der Waals surface area contributed by atoms with Crippen LogP contribution >= 0.6 is 15.9 Å². The summed E-state index contributed by atoms with van der Waals surface area (Å²) in [5.41, 5.74) is 0.305. The molecule has 1 heterocycles. The summed E-state index contributed by atoms with van der Waals surface area (Å²) in [5, 5.41) is 13.5. The molecule has 1 aromatic heterocycles. The Hall–Kier alpha value is -1.34. The largest absolute Gasteiger partial charge is 0.392 e. The third kappa shape index (κ3) is 2.60. The first-order valence-electron chi connectivity index (χ1n) is 6.20. The molecule has 2 aromatic rings. The van der Waals surface area contributed by atoms with E-state index in [9.17, 15) is 13.9 Å². The maximum atomic E-state index is 13.5. The Balaban J connectivity index is 1.84. The lowest BCUT2D eigenvalue weighted by Crippen LogP contribution is -2.12. The number of aromatic nitrogens is 2. The van der Waals surface area contributed by atoms with Crippen molar-refractivity contribution in [1.82, 2.24) is 10.1 Å². The van der Waals surface area contributed by atoms with Crippen LogP contribution in [0, 0.1) is 17.6 Å². The summed E-state index contributed by atoms with van der Waals surface area (Å²) >= 11 is 2.98. The maximum Gasteiger partial charge on any atom is 0.229 e. The van der Waals surface area contributed by atoms with Crippen LogP contribution in [-0.4, -0.2) is 21.4 Å². The third-order valence-corrected chi connectivity index (χ3v) is 4.07. The van der Waals surface area contributed by atoms with Crippen LogP contribution < -0.4 is 0 Å². The zero-order valence-electron chi connectivity index (χ0n) is 10.3. The highest BCUT2D eigenvalue weighted by Gasteiger charge is 2.31. The summed E-state index contributed by atoms with van der Waals surface area (Å²) in [6.07, 6.45) is 1.81. The highest BCUT2D eigenvalue weighted by molar-refractivity contribution is 9.10. The first kappa shape index (κ1) is 13.6. The van der Waals surface area contributed by atoms with Crippen molar-refractivity contribution in [2.45, 2.75) is 25.4 Å². The van der Waals surface area contributed by atoms with Gasteiger partial charge in [-0.3, -0.25) is 0 Å². The third-order valence-electron chi connectivity index (χ3n) is 3.29. The van der Waals surface area contributed by atoms with Gasteiger partial charge in [0.25, 0.3) is 0 Å². The molecule has 3 rings (SSSR count). The summed E-state index contributed by atoms with van der Waals surface area (Å²) in [6.45, 7) is 0. The quantitative estimate of drug-likeness (QED) is 0.866. The zero-order valence-corrected chi connectivity index (χ0v) is 11.9. The van der Waals surface area contributed by atoms with E-state index in [2.05, 4.69) is 26.1 Å². The first-order valence-corrected chi connectivity index (χ1v) is 7.00. The minimum Gasteiger partial charge on any atom is -0.392 e. The Bertz CT molecular complexity index is 643. The number of aliphatic hydroxyl groups is 1. The van der Waals surface area contributed by atoms with Crippen LogP contribution in [0.25, 0.3) is 11.4 Å². The minimum absolute atomic E-state index is 0.0485. The van der Waals surface area contributed by atoms with E-state index in [0.717, 1.165) is 18.9 Å². The molecule has 1 aliphatic carbocycles. The second-order valence-electron chi connectivity index (χ2n) is 4.84. The maximum absolute atomic E-state index is 13.5. The Kier molecular flexibility index (Phi) is 3.55. The molecule has 4 nitrogen and oxygen atoms in total. The van der Waals surface area contributed by atoms with Crippen molar-refractivity contribution < 1.29 is 18.4 Å². The number of benzene rings is 1. The molecule has 0 saturated heterocycles. The second-order valence-corrected chi connectivity index (χ2v) is 5.64. The van der Waals surface area contributed by atoms with Gasteiger partial charge >= 0.3 is 0 Å². The standard InChI is InChI=1S/C13H11BrF2N2O2/c14-11-7(3-4-8(15)12(11)16)13-17-10(20-18-13)5-9(19)6-1-2-6/h3-4,6,9,19H,1-2,5H2. The summed E-state index contributed by atoms with van der Waals surface area (Å²) in [7, 11) is 0. The van der Waals surface area contributed by atoms with Gasteiger partial charge in [-0.25, -0.2) is 8.78 Å². The van der Waals surface area contributed by atoms with E-state index >= 15 is 0 Å². The highest BCUT2D eigenvalue weighted by atomic mass is 79.9. The van der Waals surface area contributed by atoms with Crippen LogP contribution in [0.5, 0.6) is 0 Å². The molecule has 0 spiro atoms. The minimum atomic E-state index is -0.994. The van der Waals surface area contributed by atoms with Crippen molar-refractivity contribution in [3.8, 4) is 11.4 Å². The average Bonchev–Trinajstić information content (AvgIpc) is 3.18. The van der Waals surface area contributed by atoms with Crippen LogP contribution in [0.1, 0.15) is 18.7 Å². The molecule has 1 aromatic carbocycles. The molecule has 0 aliphatic heterocycles. The smallest absolute Gasteiger partial charge is 0.229 e. The Morgan fingerprint density at radius 2 is 2.15 bits per heavy atom. The van der Waals surface area contributed by atoms with Crippen molar-refractivity contribution in [3.05, 3.63) is 34.1 Å². The van der Waals surface area contributed by atoms with Gasteiger partial charge in [0.05, 0.1) is 17.0 Å². The Labute approximate surface area is 121 Å². The zero-order chi connectivity index (χ0) is 14.3. The monoisotopic (exact) mass is 344 g/mol. The molecule has 7 heteroatoms. The Morgan fingerprint density at radius 3 is 2.85 bits per heavy atom. The fourth-order valence-corrected chi connectivity index (χ4v) is 2.47. The molecule has 1 atom stereocenters. The van der Waals surface area contributed by atoms with Gasteiger partial charge in [0.15, 0.2) is 11.6 Å². The van der Waals surface area contributed by atoms with Gasteiger partial charge < -0.3 is 9.63 Å². The van der Waals surface area contributed by atoms with Crippen molar-refractivity contribution in [3.63, 3.8) is 0 Å². The predicted molar refractivity (Wildman–Crippen MR) is 69.8 cm³/mol. The van der Waals surface area contributed by atoms with Gasteiger partial charge in [-0.1, -0.05) is 5.16 Å². The molecular weight excluding hydrogens is 334 g/mol. The van der Waals surface area contributed by atoms with Crippen LogP contribution in [0.15, 0.2) is 21.1 Å². The van der Waals surface area contributed by atoms with Crippen LogP contribution in [-0.2, 0) is 6.42 Å². The van der Waals surface area contributed by atoms with Crippen LogP contribution in [0.4, 0.5) is 8.78 Å². The SMILES string of the molecule is OC(Cc1nc(-c2ccc(F)c(F)c2Br)no1)C1CC1. The average molecular weight is 345 g/mol. The number of nitrogens with zero attached hydrogens (tertiary/aromatic N) is 2. The van der Waals surface area contributed by atoms with E-state index in [-0.39, 0.29) is 22.6 Å². The molecule has 0 amide bonds. The number of rotatable bonds is 4. The van der Waals surface area contributed by atoms with E-state index < -0.39 is 17.7 Å². The molecule has 1 unspecified atom stereocenters. The lowest BCUT2D eigenvalue weighted by Gasteiger charge is -2.03. The van der Waals surface area contributed by atoms with Gasteiger partial charge in [0.2, 0.25) is 11.7 Å². The molecule has 0 bridgehead atoms. The lowest BCUT2D eigenvalue weighted by atomic mass is 10.1. The summed E-state index contributed by atoms with van der Waals surface area (Å²) in [4.78, 5) is 4.11. The Morgan fingerprint density at radius 1 is 1.40 bits per heavy atom. The number of aliphatic hydroxyl groups excluding tert-OH is 1.